The monoisotopic (exact) mass is 319 g/mol. The number of hydrogen-bond donors (Lipinski definition) is 1. The van der Waals surface area contributed by atoms with Gasteiger partial charge in [0.15, 0.2) is 0 Å². The summed E-state index contributed by atoms with van der Waals surface area (Å²) < 4.78 is 2.12. The third-order valence-electron chi connectivity index (χ3n) is 4.90. The predicted octanol–water partition coefficient (Wildman–Crippen LogP) is 3.69. The van der Waals surface area contributed by atoms with E-state index in [2.05, 4.69) is 20.8 Å². The van der Waals surface area contributed by atoms with Crippen LogP contribution in [-0.2, 0) is 17.6 Å². The van der Waals surface area contributed by atoms with E-state index in [4.69, 9.17) is 0 Å². The first-order valence-electron chi connectivity index (χ1n) is 8.45. The van der Waals surface area contributed by atoms with Gasteiger partial charge in [-0.05, 0) is 56.0 Å². The number of pyridine rings is 1. The Kier molecular flexibility index (Phi) is 3.60. The zero-order valence-electron chi connectivity index (χ0n) is 14.0. The fourth-order valence-corrected chi connectivity index (χ4v) is 3.49. The summed E-state index contributed by atoms with van der Waals surface area (Å²) in [6.45, 7) is 4.07. The summed E-state index contributed by atoms with van der Waals surface area (Å²) in [5, 5.41) is 3.12. The van der Waals surface area contributed by atoms with Crippen molar-refractivity contribution in [2.45, 2.75) is 33.1 Å². The Morgan fingerprint density at radius 2 is 2.12 bits per heavy atom. The third-order valence-corrected chi connectivity index (χ3v) is 4.90. The number of carbonyl (C=O) groups is 1. The number of nitrogens with one attached hydrogen (secondary N) is 1. The van der Waals surface area contributed by atoms with Crippen LogP contribution >= 0.6 is 0 Å². The Hall–Kier alpha value is -2.62. The lowest BCUT2D eigenvalue weighted by molar-refractivity contribution is -0.120. The molecule has 0 saturated carbocycles. The highest BCUT2D eigenvalue weighted by molar-refractivity contribution is 5.93. The van der Waals surface area contributed by atoms with Crippen LogP contribution in [-0.4, -0.2) is 15.3 Å². The van der Waals surface area contributed by atoms with Crippen LogP contribution in [0, 0.1) is 19.8 Å². The van der Waals surface area contributed by atoms with Crippen molar-refractivity contribution < 1.29 is 4.79 Å². The summed E-state index contributed by atoms with van der Waals surface area (Å²) in [6.07, 6.45) is 4.50. The van der Waals surface area contributed by atoms with Crippen LogP contribution in [0.3, 0.4) is 0 Å². The van der Waals surface area contributed by atoms with Crippen LogP contribution < -0.4 is 5.32 Å². The minimum Gasteiger partial charge on any atom is -0.326 e. The Labute approximate surface area is 141 Å². The van der Waals surface area contributed by atoms with Gasteiger partial charge in [0.2, 0.25) is 5.91 Å². The Balaban J connectivity index is 1.57. The van der Waals surface area contributed by atoms with Gasteiger partial charge in [0.1, 0.15) is 5.65 Å². The summed E-state index contributed by atoms with van der Waals surface area (Å²) in [4.78, 5) is 17.4. The van der Waals surface area contributed by atoms with Gasteiger partial charge in [0.05, 0.1) is 5.69 Å². The van der Waals surface area contributed by atoms with Crippen molar-refractivity contribution in [1.29, 1.82) is 0 Å². The number of benzene rings is 1. The molecule has 1 atom stereocenters. The van der Waals surface area contributed by atoms with Gasteiger partial charge in [-0.2, -0.15) is 0 Å². The van der Waals surface area contributed by atoms with Crippen molar-refractivity contribution in [1.82, 2.24) is 9.38 Å². The fraction of sp³-hybridized carbons (Fsp3) is 0.300. The molecule has 1 aliphatic carbocycles. The number of aromatic nitrogens is 2. The minimum atomic E-state index is -0.00230. The maximum Gasteiger partial charge on any atom is 0.227 e. The summed E-state index contributed by atoms with van der Waals surface area (Å²) >= 11 is 0. The van der Waals surface area contributed by atoms with Crippen molar-refractivity contribution in [2.24, 2.45) is 5.92 Å². The highest BCUT2D eigenvalue weighted by Crippen LogP contribution is 2.28. The van der Waals surface area contributed by atoms with Gasteiger partial charge in [0.25, 0.3) is 0 Å². The molecule has 0 fully saturated rings. The van der Waals surface area contributed by atoms with Gasteiger partial charge in [-0.15, -0.1) is 0 Å². The van der Waals surface area contributed by atoms with Gasteiger partial charge in [0, 0.05) is 29.9 Å². The number of nitrogens with zero attached hydrogens (tertiary/aromatic N) is 2. The SMILES string of the molecule is Cc1ccc(C)c(NC(=O)C2CCc3nc4ccccn4c3C2)c1. The molecule has 0 bridgehead atoms. The normalized spacial score (nSPS) is 16.8. The molecule has 1 aromatic carbocycles. The molecule has 4 rings (SSSR count). The van der Waals surface area contributed by atoms with Crippen molar-refractivity contribution in [2.75, 3.05) is 5.32 Å². The van der Waals surface area contributed by atoms with E-state index in [0.29, 0.717) is 0 Å². The van der Waals surface area contributed by atoms with Crippen molar-refractivity contribution in [3.8, 4) is 0 Å². The average molecular weight is 319 g/mol. The maximum absolute atomic E-state index is 12.8. The van der Waals surface area contributed by atoms with E-state index in [1.54, 1.807) is 0 Å². The molecular weight excluding hydrogens is 298 g/mol. The maximum atomic E-state index is 12.8. The Bertz CT molecular complexity index is 926. The van der Waals surface area contributed by atoms with Crippen LogP contribution in [0.15, 0.2) is 42.6 Å². The molecule has 0 aliphatic heterocycles. The average Bonchev–Trinajstić information content (AvgIpc) is 2.96. The molecule has 2 heterocycles. The molecule has 4 nitrogen and oxygen atoms in total. The molecule has 122 valence electrons. The van der Waals surface area contributed by atoms with Crippen LogP contribution in [0.5, 0.6) is 0 Å². The molecule has 0 radical (unpaired) electrons. The van der Waals surface area contributed by atoms with E-state index in [-0.39, 0.29) is 11.8 Å². The zero-order valence-corrected chi connectivity index (χ0v) is 14.0. The van der Waals surface area contributed by atoms with Gasteiger partial charge >= 0.3 is 0 Å². The second-order valence-corrected chi connectivity index (χ2v) is 6.68. The molecule has 1 N–H and O–H groups in total. The zero-order chi connectivity index (χ0) is 16.7. The molecular formula is C20H21N3O. The number of aryl methyl sites for hydroxylation is 3. The molecule has 1 aliphatic rings. The van der Waals surface area contributed by atoms with Crippen LogP contribution in [0.25, 0.3) is 5.65 Å². The van der Waals surface area contributed by atoms with Crippen LogP contribution in [0.2, 0.25) is 0 Å². The first-order valence-corrected chi connectivity index (χ1v) is 8.45. The molecule has 24 heavy (non-hydrogen) atoms. The third kappa shape index (κ3) is 2.58. The lowest BCUT2D eigenvalue weighted by Crippen LogP contribution is -2.28. The molecule has 3 aromatic rings. The van der Waals surface area contributed by atoms with Crippen LogP contribution in [0.4, 0.5) is 5.69 Å². The number of amides is 1. The summed E-state index contributed by atoms with van der Waals surface area (Å²) in [6, 6.07) is 12.2. The standard InChI is InChI=1S/C20H21N3O/c1-13-6-7-14(2)17(11-13)22-20(24)15-8-9-16-18(12-15)23-10-4-3-5-19(23)21-16/h3-7,10-11,15H,8-9,12H2,1-2H3,(H,22,24). The number of carbonyl (C=O) groups excluding carboxylic acids is 1. The number of anilines is 1. The molecule has 1 unspecified atom stereocenters. The van der Waals surface area contributed by atoms with Crippen LogP contribution in [0.1, 0.15) is 28.9 Å². The van der Waals surface area contributed by atoms with Crippen molar-refractivity contribution in [3.05, 3.63) is 65.1 Å². The largest absolute Gasteiger partial charge is 0.326 e. The number of fused-ring (bicyclic) bond motifs is 3. The minimum absolute atomic E-state index is 0.00230. The predicted molar refractivity (Wildman–Crippen MR) is 95.3 cm³/mol. The molecule has 2 aromatic heterocycles. The van der Waals surface area contributed by atoms with Crippen molar-refractivity contribution >= 4 is 17.2 Å². The molecule has 0 spiro atoms. The smallest absolute Gasteiger partial charge is 0.227 e. The molecule has 4 heteroatoms. The van der Waals surface area contributed by atoms with Gasteiger partial charge in [-0.3, -0.25) is 4.79 Å². The second kappa shape index (κ2) is 5.78. The first-order chi connectivity index (χ1) is 11.6. The van der Waals surface area contributed by atoms with E-state index in [0.717, 1.165) is 47.4 Å². The topological polar surface area (TPSA) is 46.4 Å². The lowest BCUT2D eigenvalue weighted by atomic mass is 9.89. The second-order valence-electron chi connectivity index (χ2n) is 6.68. The molecule has 0 saturated heterocycles. The Morgan fingerprint density at radius 3 is 3.00 bits per heavy atom. The van der Waals surface area contributed by atoms with E-state index in [1.165, 1.54) is 5.69 Å². The van der Waals surface area contributed by atoms with Crippen molar-refractivity contribution in [3.63, 3.8) is 0 Å². The van der Waals surface area contributed by atoms with E-state index >= 15 is 0 Å². The first kappa shape index (κ1) is 14.9. The van der Waals surface area contributed by atoms with E-state index in [1.807, 2.05) is 50.4 Å². The highest BCUT2D eigenvalue weighted by Gasteiger charge is 2.28. The lowest BCUT2D eigenvalue weighted by Gasteiger charge is -2.22. The summed E-state index contributed by atoms with van der Waals surface area (Å²) in [5.41, 5.74) is 6.46. The van der Waals surface area contributed by atoms with Gasteiger partial charge < -0.3 is 9.72 Å². The number of hydrogen-bond acceptors (Lipinski definition) is 2. The number of imidazole rings is 1. The van der Waals surface area contributed by atoms with E-state index in [9.17, 15) is 4.79 Å². The van der Waals surface area contributed by atoms with E-state index < -0.39 is 0 Å². The fourth-order valence-electron chi connectivity index (χ4n) is 3.49. The Morgan fingerprint density at radius 1 is 1.25 bits per heavy atom. The number of rotatable bonds is 2. The summed E-state index contributed by atoms with van der Waals surface area (Å²) in [7, 11) is 0. The van der Waals surface area contributed by atoms with Gasteiger partial charge in [-0.25, -0.2) is 4.98 Å². The highest BCUT2D eigenvalue weighted by atomic mass is 16.1. The summed E-state index contributed by atoms with van der Waals surface area (Å²) in [5.74, 6) is 0.109. The molecule has 1 amide bonds. The van der Waals surface area contributed by atoms with Gasteiger partial charge in [-0.1, -0.05) is 18.2 Å². The quantitative estimate of drug-likeness (QED) is 0.783.